The Morgan fingerprint density at radius 3 is 2.82 bits per heavy atom. The van der Waals surface area contributed by atoms with Gasteiger partial charge in [0.15, 0.2) is 5.58 Å². The predicted molar refractivity (Wildman–Crippen MR) is 90.0 cm³/mol. The molecule has 1 aromatic heterocycles. The minimum atomic E-state index is -0.113. The van der Waals surface area contributed by atoms with Crippen LogP contribution in [0.25, 0.3) is 11.0 Å². The number of amides is 1. The molecule has 4 nitrogen and oxygen atoms in total. The van der Waals surface area contributed by atoms with Gasteiger partial charge in [-0.2, -0.15) is 0 Å². The molecule has 0 unspecified atom stereocenters. The highest BCUT2D eigenvalue weighted by Crippen LogP contribution is 2.22. The lowest BCUT2D eigenvalue weighted by atomic mass is 10.1. The fraction of sp³-hybridized carbons (Fsp3) is 0.176. The molecule has 2 aromatic carbocycles. The van der Waals surface area contributed by atoms with Gasteiger partial charge in [0, 0.05) is 15.5 Å². The van der Waals surface area contributed by atoms with Crippen LogP contribution in [0, 0.1) is 13.8 Å². The van der Waals surface area contributed by atoms with Gasteiger partial charge in [-0.1, -0.05) is 32.7 Å². The van der Waals surface area contributed by atoms with E-state index in [9.17, 15) is 4.79 Å². The van der Waals surface area contributed by atoms with Crippen LogP contribution in [0.5, 0.6) is 0 Å². The van der Waals surface area contributed by atoms with E-state index in [2.05, 4.69) is 26.4 Å². The Labute approximate surface area is 136 Å². The summed E-state index contributed by atoms with van der Waals surface area (Å²) in [5.41, 5.74) is 4.31. The topological polar surface area (TPSA) is 55.1 Å². The summed E-state index contributed by atoms with van der Waals surface area (Å²) in [4.78, 5) is 12.2. The van der Waals surface area contributed by atoms with E-state index in [-0.39, 0.29) is 12.3 Å². The van der Waals surface area contributed by atoms with Crippen molar-refractivity contribution < 1.29 is 9.32 Å². The highest BCUT2D eigenvalue weighted by atomic mass is 79.9. The first-order valence-electron chi connectivity index (χ1n) is 6.94. The summed E-state index contributed by atoms with van der Waals surface area (Å²) >= 11 is 3.44. The monoisotopic (exact) mass is 358 g/mol. The third-order valence-corrected chi connectivity index (χ3v) is 4.36. The van der Waals surface area contributed by atoms with Gasteiger partial charge in [-0.15, -0.1) is 0 Å². The van der Waals surface area contributed by atoms with Crippen LogP contribution in [0.4, 0.5) is 5.69 Å². The van der Waals surface area contributed by atoms with Crippen molar-refractivity contribution in [3.05, 3.63) is 57.7 Å². The number of halogens is 1. The largest absolute Gasteiger partial charge is 0.356 e. The van der Waals surface area contributed by atoms with Crippen molar-refractivity contribution in [1.29, 1.82) is 0 Å². The number of aryl methyl sites for hydroxylation is 2. The molecule has 0 aliphatic heterocycles. The molecule has 0 aliphatic carbocycles. The number of hydrogen-bond donors (Lipinski definition) is 1. The van der Waals surface area contributed by atoms with E-state index >= 15 is 0 Å². The van der Waals surface area contributed by atoms with Gasteiger partial charge in [0.2, 0.25) is 5.91 Å². The van der Waals surface area contributed by atoms with Crippen LogP contribution in [0.3, 0.4) is 0 Å². The zero-order valence-electron chi connectivity index (χ0n) is 12.3. The summed E-state index contributed by atoms with van der Waals surface area (Å²) in [7, 11) is 0. The molecule has 1 amide bonds. The van der Waals surface area contributed by atoms with E-state index in [1.165, 1.54) is 0 Å². The fourth-order valence-corrected chi connectivity index (χ4v) is 2.56. The molecule has 3 rings (SSSR count). The zero-order chi connectivity index (χ0) is 15.7. The molecule has 0 bridgehead atoms. The van der Waals surface area contributed by atoms with Gasteiger partial charge in [-0.05, 0) is 49.7 Å². The van der Waals surface area contributed by atoms with E-state index in [1.807, 2.05) is 50.2 Å². The molecule has 112 valence electrons. The number of nitrogens with one attached hydrogen (secondary N) is 1. The van der Waals surface area contributed by atoms with Gasteiger partial charge in [0.05, 0.1) is 6.42 Å². The average molecular weight is 359 g/mol. The summed E-state index contributed by atoms with van der Waals surface area (Å²) in [6.07, 6.45) is 0.186. The van der Waals surface area contributed by atoms with Crippen LogP contribution in [0.1, 0.15) is 16.8 Å². The molecule has 3 aromatic rings. The van der Waals surface area contributed by atoms with Crippen molar-refractivity contribution in [1.82, 2.24) is 5.16 Å². The van der Waals surface area contributed by atoms with Gasteiger partial charge >= 0.3 is 0 Å². The van der Waals surface area contributed by atoms with Gasteiger partial charge in [-0.25, -0.2) is 0 Å². The number of anilines is 1. The number of benzene rings is 2. The minimum absolute atomic E-state index is 0.113. The molecule has 0 saturated carbocycles. The lowest BCUT2D eigenvalue weighted by Crippen LogP contribution is -2.14. The van der Waals surface area contributed by atoms with Crippen molar-refractivity contribution in [2.24, 2.45) is 0 Å². The molecular formula is C17H15BrN2O2. The van der Waals surface area contributed by atoms with E-state index in [4.69, 9.17) is 4.52 Å². The molecule has 0 spiro atoms. The maximum absolute atomic E-state index is 12.2. The second-order valence-electron chi connectivity index (χ2n) is 5.32. The van der Waals surface area contributed by atoms with Crippen LogP contribution in [-0.4, -0.2) is 11.1 Å². The molecule has 22 heavy (non-hydrogen) atoms. The lowest BCUT2D eigenvalue weighted by Gasteiger charge is -2.06. The van der Waals surface area contributed by atoms with Crippen molar-refractivity contribution in [3.63, 3.8) is 0 Å². The standard InChI is InChI=1S/C17H15BrN2O2/c1-10-3-6-16-13(7-10)15(20-22-16)9-17(21)19-12-4-5-14(18)11(2)8-12/h3-8H,9H2,1-2H3,(H,19,21). The molecule has 0 saturated heterocycles. The number of rotatable bonds is 3. The van der Waals surface area contributed by atoms with E-state index in [1.54, 1.807) is 0 Å². The highest BCUT2D eigenvalue weighted by Gasteiger charge is 2.13. The summed E-state index contributed by atoms with van der Waals surface area (Å²) in [6, 6.07) is 11.5. The molecule has 0 radical (unpaired) electrons. The lowest BCUT2D eigenvalue weighted by molar-refractivity contribution is -0.115. The number of nitrogens with zero attached hydrogens (tertiary/aromatic N) is 1. The molecule has 0 fully saturated rings. The SMILES string of the molecule is Cc1ccc2onc(CC(=O)Nc3ccc(Br)c(C)c3)c2c1. The summed E-state index contributed by atoms with van der Waals surface area (Å²) in [5.74, 6) is -0.113. The molecule has 1 N–H and O–H groups in total. The Balaban J connectivity index is 1.78. The quantitative estimate of drug-likeness (QED) is 0.755. The smallest absolute Gasteiger partial charge is 0.230 e. The maximum Gasteiger partial charge on any atom is 0.230 e. The average Bonchev–Trinajstić information content (AvgIpc) is 2.85. The minimum Gasteiger partial charge on any atom is -0.356 e. The number of fused-ring (bicyclic) bond motifs is 1. The Bertz CT molecular complexity index is 855. The molecule has 0 atom stereocenters. The zero-order valence-corrected chi connectivity index (χ0v) is 13.9. The van der Waals surface area contributed by atoms with Crippen LogP contribution >= 0.6 is 15.9 Å². The van der Waals surface area contributed by atoms with Crippen molar-refractivity contribution in [3.8, 4) is 0 Å². The number of carbonyl (C=O) groups is 1. The summed E-state index contributed by atoms with van der Waals surface area (Å²) < 4.78 is 6.27. The van der Waals surface area contributed by atoms with E-state index in [0.29, 0.717) is 11.3 Å². The second-order valence-corrected chi connectivity index (χ2v) is 6.17. The molecule has 1 heterocycles. The predicted octanol–water partition coefficient (Wildman–Crippen LogP) is 4.39. The van der Waals surface area contributed by atoms with E-state index in [0.717, 1.165) is 26.7 Å². The number of carbonyl (C=O) groups excluding carboxylic acids is 1. The van der Waals surface area contributed by atoms with Gasteiger partial charge < -0.3 is 9.84 Å². The Hall–Kier alpha value is -2.14. The van der Waals surface area contributed by atoms with Gasteiger partial charge in [0.25, 0.3) is 0 Å². The number of hydrogen-bond acceptors (Lipinski definition) is 3. The van der Waals surface area contributed by atoms with Crippen molar-refractivity contribution in [2.75, 3.05) is 5.32 Å². The molecule has 5 heteroatoms. The van der Waals surface area contributed by atoms with Crippen LogP contribution in [0.15, 0.2) is 45.4 Å². The highest BCUT2D eigenvalue weighted by molar-refractivity contribution is 9.10. The fourth-order valence-electron chi connectivity index (χ4n) is 2.31. The molecular weight excluding hydrogens is 344 g/mol. The normalized spacial score (nSPS) is 10.9. The maximum atomic E-state index is 12.2. The number of aromatic nitrogens is 1. The first-order valence-corrected chi connectivity index (χ1v) is 7.73. The van der Waals surface area contributed by atoms with Crippen LogP contribution < -0.4 is 5.32 Å². The Kier molecular flexibility index (Phi) is 3.98. The van der Waals surface area contributed by atoms with Crippen LogP contribution in [-0.2, 0) is 11.2 Å². The third-order valence-electron chi connectivity index (χ3n) is 3.47. The summed E-state index contributed by atoms with van der Waals surface area (Å²) in [6.45, 7) is 3.98. The van der Waals surface area contributed by atoms with Crippen molar-refractivity contribution >= 4 is 38.5 Å². The van der Waals surface area contributed by atoms with Gasteiger partial charge in [-0.3, -0.25) is 4.79 Å². The first kappa shape index (κ1) is 14.8. The Morgan fingerprint density at radius 1 is 1.23 bits per heavy atom. The Morgan fingerprint density at radius 2 is 2.05 bits per heavy atom. The molecule has 0 aliphatic rings. The van der Waals surface area contributed by atoms with Gasteiger partial charge in [0.1, 0.15) is 5.69 Å². The van der Waals surface area contributed by atoms with E-state index < -0.39 is 0 Å². The first-order chi connectivity index (χ1) is 10.5. The summed E-state index contributed by atoms with van der Waals surface area (Å²) in [5, 5.41) is 7.78. The van der Waals surface area contributed by atoms with Crippen molar-refractivity contribution in [2.45, 2.75) is 20.3 Å². The second kappa shape index (κ2) is 5.93. The third kappa shape index (κ3) is 3.04. The van der Waals surface area contributed by atoms with Crippen LogP contribution in [0.2, 0.25) is 0 Å².